The van der Waals surface area contributed by atoms with Crippen LogP contribution in [-0.4, -0.2) is 49.9 Å². The second-order valence-corrected chi connectivity index (χ2v) is 8.57. The van der Waals surface area contributed by atoms with Crippen LogP contribution in [0, 0.1) is 26.7 Å². The maximum Gasteiger partial charge on any atom is 0.306 e. The molecule has 1 heterocycles. The summed E-state index contributed by atoms with van der Waals surface area (Å²) >= 11 is 0. The van der Waals surface area contributed by atoms with Gasteiger partial charge in [0.05, 0.1) is 10.8 Å². The van der Waals surface area contributed by atoms with E-state index < -0.39 is 21.9 Å². The monoisotopic (exact) mass is 382 g/mol. The van der Waals surface area contributed by atoms with Crippen molar-refractivity contribution in [3.05, 3.63) is 28.8 Å². The van der Waals surface area contributed by atoms with Gasteiger partial charge in [0.2, 0.25) is 15.9 Å². The van der Waals surface area contributed by atoms with Crippen LogP contribution < -0.4 is 4.72 Å². The molecular formula is C18H26N2O5S. The van der Waals surface area contributed by atoms with E-state index in [9.17, 15) is 18.0 Å². The van der Waals surface area contributed by atoms with E-state index in [2.05, 4.69) is 4.72 Å². The Kier molecular flexibility index (Phi) is 6.41. The number of carbonyl (C=O) groups is 2. The highest BCUT2D eigenvalue weighted by Crippen LogP contribution is 2.22. The zero-order chi connectivity index (χ0) is 19.5. The number of nitrogens with one attached hydrogen (secondary N) is 1. The largest absolute Gasteiger partial charge is 0.481 e. The van der Waals surface area contributed by atoms with Crippen LogP contribution in [0.2, 0.25) is 0 Å². The fourth-order valence-corrected chi connectivity index (χ4v) is 4.97. The van der Waals surface area contributed by atoms with Crippen molar-refractivity contribution in [2.24, 2.45) is 5.92 Å². The number of sulfonamides is 1. The van der Waals surface area contributed by atoms with Crippen LogP contribution in [0.1, 0.15) is 36.0 Å². The molecule has 1 aliphatic heterocycles. The maximum atomic E-state index is 12.6. The first-order chi connectivity index (χ1) is 12.1. The molecule has 0 aromatic heterocycles. The van der Waals surface area contributed by atoms with Gasteiger partial charge in [-0.3, -0.25) is 9.59 Å². The SMILES string of the molecule is Cc1cc(C)c(S(=O)(=O)NCCC(=O)N2CCC(C(=O)O)CC2)c(C)c1. The number of hydrogen-bond donors (Lipinski definition) is 2. The van der Waals surface area contributed by atoms with Gasteiger partial charge < -0.3 is 10.0 Å². The molecular weight excluding hydrogens is 356 g/mol. The van der Waals surface area contributed by atoms with Crippen LogP contribution in [0.4, 0.5) is 0 Å². The zero-order valence-corrected chi connectivity index (χ0v) is 16.2. The van der Waals surface area contributed by atoms with Gasteiger partial charge in [0.1, 0.15) is 0 Å². The summed E-state index contributed by atoms with van der Waals surface area (Å²) < 4.78 is 27.6. The van der Waals surface area contributed by atoms with Crippen molar-refractivity contribution in [2.45, 2.75) is 44.9 Å². The summed E-state index contributed by atoms with van der Waals surface area (Å²) in [5, 5.41) is 8.98. The van der Waals surface area contributed by atoms with Crippen LogP contribution >= 0.6 is 0 Å². The molecule has 1 saturated heterocycles. The number of nitrogens with zero attached hydrogens (tertiary/aromatic N) is 1. The Morgan fingerprint density at radius 1 is 1.15 bits per heavy atom. The van der Waals surface area contributed by atoms with E-state index in [-0.39, 0.29) is 23.8 Å². The van der Waals surface area contributed by atoms with Crippen molar-refractivity contribution in [1.82, 2.24) is 9.62 Å². The number of rotatable bonds is 6. The van der Waals surface area contributed by atoms with Crippen molar-refractivity contribution in [3.8, 4) is 0 Å². The molecule has 0 unspecified atom stereocenters. The van der Waals surface area contributed by atoms with E-state index in [0.29, 0.717) is 37.1 Å². The first kappa shape index (κ1) is 20.4. The maximum absolute atomic E-state index is 12.6. The first-order valence-electron chi connectivity index (χ1n) is 8.70. The van der Waals surface area contributed by atoms with Gasteiger partial charge in [-0.05, 0) is 44.7 Å². The summed E-state index contributed by atoms with van der Waals surface area (Å²) in [5.41, 5.74) is 2.35. The highest BCUT2D eigenvalue weighted by molar-refractivity contribution is 7.89. The number of aliphatic carboxylic acids is 1. The normalized spacial score (nSPS) is 15.9. The molecule has 1 amide bonds. The molecule has 1 aliphatic rings. The highest BCUT2D eigenvalue weighted by Gasteiger charge is 2.27. The first-order valence-corrected chi connectivity index (χ1v) is 10.2. The Morgan fingerprint density at radius 3 is 2.19 bits per heavy atom. The minimum Gasteiger partial charge on any atom is -0.481 e. The van der Waals surface area contributed by atoms with Crippen molar-refractivity contribution >= 4 is 21.9 Å². The quantitative estimate of drug-likeness (QED) is 0.778. The molecule has 1 aromatic carbocycles. The predicted molar refractivity (Wildman–Crippen MR) is 97.4 cm³/mol. The zero-order valence-electron chi connectivity index (χ0n) is 15.4. The number of carboxylic acids is 1. The third-order valence-corrected chi connectivity index (χ3v) is 6.47. The Bertz CT molecular complexity index is 773. The average molecular weight is 382 g/mol. The van der Waals surface area contributed by atoms with Crippen molar-refractivity contribution in [1.29, 1.82) is 0 Å². The molecule has 0 bridgehead atoms. The van der Waals surface area contributed by atoms with E-state index in [0.717, 1.165) is 5.56 Å². The Hall–Kier alpha value is -1.93. The summed E-state index contributed by atoms with van der Waals surface area (Å²) in [6.07, 6.45) is 0.935. The third kappa shape index (κ3) is 4.82. The number of amides is 1. The van der Waals surface area contributed by atoms with Gasteiger partial charge in [-0.25, -0.2) is 13.1 Å². The molecule has 1 fully saturated rings. The van der Waals surface area contributed by atoms with E-state index in [1.54, 1.807) is 18.7 Å². The van der Waals surface area contributed by atoms with Crippen molar-refractivity contribution in [2.75, 3.05) is 19.6 Å². The van der Waals surface area contributed by atoms with Gasteiger partial charge in [-0.1, -0.05) is 17.7 Å². The molecule has 2 N–H and O–H groups in total. The topological polar surface area (TPSA) is 104 Å². The molecule has 7 nitrogen and oxygen atoms in total. The highest BCUT2D eigenvalue weighted by atomic mass is 32.2. The van der Waals surface area contributed by atoms with Gasteiger partial charge in [0.15, 0.2) is 0 Å². The summed E-state index contributed by atoms with van der Waals surface area (Å²) in [5.74, 6) is -1.38. The Labute approximate surface area is 154 Å². The van der Waals surface area contributed by atoms with Gasteiger partial charge in [-0.15, -0.1) is 0 Å². The summed E-state index contributed by atoms with van der Waals surface area (Å²) in [6.45, 7) is 6.25. The molecule has 8 heteroatoms. The lowest BCUT2D eigenvalue weighted by atomic mass is 9.97. The molecule has 0 atom stereocenters. The molecule has 0 aliphatic carbocycles. The van der Waals surface area contributed by atoms with Crippen molar-refractivity contribution < 1.29 is 23.1 Å². The fourth-order valence-electron chi connectivity index (χ4n) is 3.49. The number of benzene rings is 1. The fraction of sp³-hybridized carbons (Fsp3) is 0.556. The lowest BCUT2D eigenvalue weighted by molar-refractivity contribution is -0.145. The lowest BCUT2D eigenvalue weighted by Crippen LogP contribution is -2.41. The van der Waals surface area contributed by atoms with Crippen LogP contribution in [0.5, 0.6) is 0 Å². The van der Waals surface area contributed by atoms with E-state index in [4.69, 9.17) is 5.11 Å². The van der Waals surface area contributed by atoms with Crippen molar-refractivity contribution in [3.63, 3.8) is 0 Å². The number of carboxylic acid groups (broad SMARTS) is 1. The third-order valence-electron chi connectivity index (χ3n) is 4.70. The second kappa shape index (κ2) is 8.18. The predicted octanol–water partition coefficient (Wildman–Crippen LogP) is 1.60. The van der Waals surface area contributed by atoms with E-state index >= 15 is 0 Å². The van der Waals surface area contributed by atoms with Crippen LogP contribution in [0.3, 0.4) is 0 Å². The van der Waals surface area contributed by atoms with E-state index in [1.165, 1.54) is 0 Å². The molecule has 2 rings (SSSR count). The molecule has 0 spiro atoms. The molecule has 0 radical (unpaired) electrons. The molecule has 144 valence electrons. The number of aryl methyl sites for hydroxylation is 3. The summed E-state index contributed by atoms with van der Waals surface area (Å²) in [4.78, 5) is 25.0. The number of piperidine rings is 1. The summed E-state index contributed by atoms with van der Waals surface area (Å²) in [7, 11) is -3.68. The van der Waals surface area contributed by atoms with Crippen LogP contribution in [-0.2, 0) is 19.6 Å². The van der Waals surface area contributed by atoms with Gasteiger partial charge >= 0.3 is 5.97 Å². The standard InChI is InChI=1S/C18H26N2O5S/c1-12-10-13(2)17(14(3)11-12)26(24,25)19-7-4-16(21)20-8-5-15(6-9-20)18(22)23/h10-11,15,19H,4-9H2,1-3H3,(H,22,23). The van der Waals surface area contributed by atoms with Crippen LogP contribution in [0.15, 0.2) is 17.0 Å². The van der Waals surface area contributed by atoms with Gasteiger partial charge in [0, 0.05) is 26.1 Å². The Balaban J connectivity index is 1.91. The number of likely N-dealkylation sites (tertiary alicyclic amines) is 1. The van der Waals surface area contributed by atoms with Gasteiger partial charge in [-0.2, -0.15) is 0 Å². The molecule has 0 saturated carbocycles. The molecule has 1 aromatic rings. The average Bonchev–Trinajstić information content (AvgIpc) is 2.53. The summed E-state index contributed by atoms with van der Waals surface area (Å²) in [6, 6.07) is 3.64. The molecule has 26 heavy (non-hydrogen) atoms. The minimum absolute atomic E-state index is 0.0206. The number of carbonyl (C=O) groups excluding carboxylic acids is 1. The smallest absolute Gasteiger partial charge is 0.306 e. The van der Waals surface area contributed by atoms with Crippen LogP contribution in [0.25, 0.3) is 0 Å². The Morgan fingerprint density at radius 2 is 1.69 bits per heavy atom. The lowest BCUT2D eigenvalue weighted by Gasteiger charge is -2.30. The second-order valence-electron chi connectivity index (χ2n) is 6.87. The number of hydrogen-bond acceptors (Lipinski definition) is 4. The van der Waals surface area contributed by atoms with Gasteiger partial charge in [0.25, 0.3) is 0 Å². The minimum atomic E-state index is -3.68. The van der Waals surface area contributed by atoms with E-state index in [1.807, 2.05) is 19.1 Å².